The number of anilines is 2. The Morgan fingerprint density at radius 1 is 1.48 bits per heavy atom. The van der Waals surface area contributed by atoms with Crippen LogP contribution in [0.2, 0.25) is 0 Å². The van der Waals surface area contributed by atoms with Gasteiger partial charge < -0.3 is 11.1 Å². The lowest BCUT2D eigenvalue weighted by Crippen LogP contribution is -2.05. The largest absolute Gasteiger partial charge is 0.384 e. The molecule has 2 aromatic rings. The highest BCUT2D eigenvalue weighted by molar-refractivity contribution is 7.90. The third kappa shape index (κ3) is 3.28. The van der Waals surface area contributed by atoms with Gasteiger partial charge in [0.15, 0.2) is 9.84 Å². The summed E-state index contributed by atoms with van der Waals surface area (Å²) in [6, 6.07) is 3.69. The Morgan fingerprint density at radius 2 is 2.19 bits per heavy atom. The summed E-state index contributed by atoms with van der Waals surface area (Å²) in [4.78, 5) is 10.3. The van der Waals surface area contributed by atoms with Crippen LogP contribution in [0.3, 0.4) is 0 Å². The summed E-state index contributed by atoms with van der Waals surface area (Å²) in [6.45, 7) is 0.224. The number of aromatic nitrogens is 2. The Hall–Kier alpha value is -2.62. The third-order valence-electron chi connectivity index (χ3n) is 2.81. The number of nitrogen functional groups attached to an aromatic ring is 1. The minimum Gasteiger partial charge on any atom is -0.384 e. The molecule has 0 fully saturated rings. The topological polar surface area (TPSA) is 144 Å². The van der Waals surface area contributed by atoms with E-state index in [0.717, 1.165) is 12.3 Å². The predicted octanol–water partition coefficient (Wildman–Crippen LogP) is 0.916. The highest BCUT2D eigenvalue weighted by Gasteiger charge is 2.18. The second-order valence-electron chi connectivity index (χ2n) is 4.37. The molecule has 0 saturated carbocycles. The fourth-order valence-electron chi connectivity index (χ4n) is 1.70. The summed E-state index contributed by atoms with van der Waals surface area (Å²) < 4.78 is 22.9. The maximum atomic E-state index is 11.4. The van der Waals surface area contributed by atoms with Crippen LogP contribution in [0.1, 0.15) is 5.56 Å². The molecule has 21 heavy (non-hydrogen) atoms. The molecule has 0 bridgehead atoms. The highest BCUT2D eigenvalue weighted by Crippen LogP contribution is 2.28. The van der Waals surface area contributed by atoms with Crippen molar-refractivity contribution in [3.63, 3.8) is 0 Å². The van der Waals surface area contributed by atoms with Crippen molar-refractivity contribution < 1.29 is 13.3 Å². The average molecular weight is 311 g/mol. The number of H-pyrrole nitrogens is 1. The van der Waals surface area contributed by atoms with Crippen LogP contribution in [0.5, 0.6) is 0 Å². The highest BCUT2D eigenvalue weighted by atomic mass is 32.2. The monoisotopic (exact) mass is 311 g/mol. The summed E-state index contributed by atoms with van der Waals surface area (Å²) in [7, 11) is -3.51. The molecule has 9 nitrogen and oxygen atoms in total. The van der Waals surface area contributed by atoms with Gasteiger partial charge in [0.1, 0.15) is 11.5 Å². The molecule has 0 atom stereocenters. The molecule has 0 spiro atoms. The number of nitro groups is 1. The van der Waals surface area contributed by atoms with Crippen LogP contribution < -0.4 is 11.1 Å². The van der Waals surface area contributed by atoms with Crippen LogP contribution in [0.25, 0.3) is 0 Å². The zero-order valence-corrected chi connectivity index (χ0v) is 11.8. The van der Waals surface area contributed by atoms with E-state index in [1.54, 1.807) is 0 Å². The van der Waals surface area contributed by atoms with Crippen molar-refractivity contribution >= 4 is 27.0 Å². The van der Waals surface area contributed by atoms with Gasteiger partial charge in [-0.3, -0.25) is 15.2 Å². The number of nitro benzene ring substituents is 1. The Balaban J connectivity index is 2.31. The molecule has 2 rings (SSSR count). The number of aromatic amines is 1. The van der Waals surface area contributed by atoms with E-state index >= 15 is 0 Å². The van der Waals surface area contributed by atoms with Gasteiger partial charge in [-0.15, -0.1) is 0 Å². The molecule has 0 aliphatic heterocycles. The second kappa shape index (κ2) is 5.40. The zero-order chi connectivity index (χ0) is 15.6. The predicted molar refractivity (Wildman–Crippen MR) is 76.5 cm³/mol. The van der Waals surface area contributed by atoms with E-state index in [1.807, 2.05) is 0 Å². The van der Waals surface area contributed by atoms with Gasteiger partial charge in [0.25, 0.3) is 5.69 Å². The lowest BCUT2D eigenvalue weighted by atomic mass is 10.2. The minimum atomic E-state index is -3.51. The van der Waals surface area contributed by atoms with Crippen LogP contribution in [0.4, 0.5) is 17.2 Å². The maximum absolute atomic E-state index is 11.4. The Bertz CT molecular complexity index is 784. The molecule has 1 aromatic heterocycles. The molecular formula is C11H13N5O4S. The lowest BCUT2D eigenvalue weighted by molar-refractivity contribution is -0.384. The van der Waals surface area contributed by atoms with Crippen LogP contribution in [0.15, 0.2) is 29.3 Å². The van der Waals surface area contributed by atoms with Crippen molar-refractivity contribution in [3.05, 3.63) is 40.1 Å². The zero-order valence-electron chi connectivity index (χ0n) is 11.0. The van der Waals surface area contributed by atoms with Gasteiger partial charge in [-0.25, -0.2) is 8.42 Å². The van der Waals surface area contributed by atoms with Gasteiger partial charge in [0.2, 0.25) is 0 Å². The van der Waals surface area contributed by atoms with Crippen molar-refractivity contribution in [2.75, 3.05) is 17.3 Å². The first kappa shape index (κ1) is 14.8. The van der Waals surface area contributed by atoms with Gasteiger partial charge in [0, 0.05) is 24.4 Å². The van der Waals surface area contributed by atoms with Gasteiger partial charge in [-0.1, -0.05) is 0 Å². The molecular weight excluding hydrogens is 298 g/mol. The quantitative estimate of drug-likeness (QED) is 0.550. The van der Waals surface area contributed by atoms with Gasteiger partial charge >= 0.3 is 0 Å². The summed E-state index contributed by atoms with van der Waals surface area (Å²) in [6.07, 6.45) is 2.49. The first-order valence-corrected chi connectivity index (χ1v) is 7.68. The number of benzene rings is 1. The number of hydrogen-bond donors (Lipinski definition) is 3. The van der Waals surface area contributed by atoms with Crippen molar-refractivity contribution in [2.45, 2.75) is 11.4 Å². The summed E-state index contributed by atoms with van der Waals surface area (Å²) in [5, 5.41) is 20.2. The molecule has 0 saturated heterocycles. The van der Waals surface area contributed by atoms with E-state index in [-0.39, 0.29) is 22.8 Å². The van der Waals surface area contributed by atoms with E-state index in [2.05, 4.69) is 15.5 Å². The van der Waals surface area contributed by atoms with Crippen molar-refractivity contribution in [1.29, 1.82) is 0 Å². The lowest BCUT2D eigenvalue weighted by Gasteiger charge is -2.07. The molecule has 4 N–H and O–H groups in total. The first-order chi connectivity index (χ1) is 9.79. The van der Waals surface area contributed by atoms with Crippen LogP contribution in [-0.4, -0.2) is 29.8 Å². The third-order valence-corrected chi connectivity index (χ3v) is 3.92. The van der Waals surface area contributed by atoms with E-state index in [4.69, 9.17) is 5.73 Å². The van der Waals surface area contributed by atoms with Crippen molar-refractivity contribution in [1.82, 2.24) is 10.2 Å². The smallest absolute Gasteiger partial charge is 0.293 e. The van der Waals surface area contributed by atoms with Gasteiger partial charge in [-0.05, 0) is 12.1 Å². The molecule has 112 valence electrons. The van der Waals surface area contributed by atoms with Gasteiger partial charge in [-0.2, -0.15) is 5.10 Å². The number of sulfone groups is 1. The standard InChI is InChI=1S/C11H13N5O4S/c1-21(19,20)8-2-3-9(10(4-8)16(17)18)13-5-7-6-14-15-11(7)12/h2-4,6,13H,5H2,1H3,(H3,12,14,15). The molecule has 0 amide bonds. The van der Waals surface area contributed by atoms with E-state index < -0.39 is 14.8 Å². The summed E-state index contributed by atoms with van der Waals surface area (Å²) >= 11 is 0. The second-order valence-corrected chi connectivity index (χ2v) is 6.39. The normalized spacial score (nSPS) is 11.3. The summed E-state index contributed by atoms with van der Waals surface area (Å²) in [5.74, 6) is 0.359. The molecule has 0 aliphatic rings. The molecule has 1 heterocycles. The SMILES string of the molecule is CS(=O)(=O)c1ccc(NCc2cn[nH]c2N)c([N+](=O)[O-])c1. The van der Waals surface area contributed by atoms with Crippen LogP contribution in [0, 0.1) is 10.1 Å². The number of nitrogens with one attached hydrogen (secondary N) is 2. The van der Waals surface area contributed by atoms with Gasteiger partial charge in [0.05, 0.1) is 16.0 Å². The van der Waals surface area contributed by atoms with Crippen molar-refractivity contribution in [3.8, 4) is 0 Å². The average Bonchev–Trinajstić information content (AvgIpc) is 2.80. The van der Waals surface area contributed by atoms with E-state index in [0.29, 0.717) is 11.4 Å². The molecule has 0 radical (unpaired) electrons. The maximum Gasteiger partial charge on any atom is 0.293 e. The number of hydrogen-bond acceptors (Lipinski definition) is 7. The number of nitrogens with two attached hydrogens (primary N) is 1. The van der Waals surface area contributed by atoms with Crippen LogP contribution >= 0.6 is 0 Å². The van der Waals surface area contributed by atoms with E-state index in [1.165, 1.54) is 18.3 Å². The molecule has 0 unspecified atom stereocenters. The Morgan fingerprint density at radius 3 is 2.71 bits per heavy atom. The van der Waals surface area contributed by atoms with Crippen molar-refractivity contribution in [2.24, 2.45) is 0 Å². The molecule has 10 heteroatoms. The minimum absolute atomic E-state index is 0.109. The van der Waals surface area contributed by atoms with Crippen LogP contribution in [-0.2, 0) is 16.4 Å². The Kier molecular flexibility index (Phi) is 3.80. The molecule has 0 aliphatic carbocycles. The van der Waals surface area contributed by atoms with E-state index in [9.17, 15) is 18.5 Å². The first-order valence-electron chi connectivity index (χ1n) is 5.79. The Labute approximate surface area is 120 Å². The summed E-state index contributed by atoms with van der Waals surface area (Å²) in [5.41, 5.74) is 6.14. The fourth-order valence-corrected chi connectivity index (χ4v) is 2.34. The molecule has 1 aromatic carbocycles. The number of nitrogens with zero attached hydrogens (tertiary/aromatic N) is 2. The number of rotatable bonds is 5. The fraction of sp³-hybridized carbons (Fsp3) is 0.182.